The summed E-state index contributed by atoms with van der Waals surface area (Å²) in [6, 6.07) is 4.40. The lowest BCUT2D eigenvalue weighted by Crippen LogP contribution is -2.31. The molecule has 18 heavy (non-hydrogen) atoms. The second-order valence-electron chi connectivity index (χ2n) is 5.71. The summed E-state index contributed by atoms with van der Waals surface area (Å²) in [4.78, 5) is 0. The van der Waals surface area contributed by atoms with E-state index >= 15 is 0 Å². The van der Waals surface area contributed by atoms with E-state index < -0.39 is 0 Å². The minimum Gasteiger partial charge on any atom is -0.348 e. The third-order valence-corrected chi connectivity index (χ3v) is 3.82. The van der Waals surface area contributed by atoms with Gasteiger partial charge in [-0.15, -0.1) is 0 Å². The largest absolute Gasteiger partial charge is 0.348 e. The molecule has 2 nitrogen and oxygen atoms in total. The first-order valence-corrected chi connectivity index (χ1v) is 6.84. The molecule has 0 radical (unpaired) electrons. The predicted molar refractivity (Wildman–Crippen MR) is 73.7 cm³/mol. The van der Waals surface area contributed by atoms with Gasteiger partial charge in [-0.2, -0.15) is 0 Å². The first kappa shape index (κ1) is 13.6. The third kappa shape index (κ3) is 2.76. The number of hydrogen-bond donors (Lipinski definition) is 0. The second-order valence-corrected chi connectivity index (χ2v) is 5.71. The van der Waals surface area contributed by atoms with Crippen molar-refractivity contribution < 1.29 is 9.47 Å². The van der Waals surface area contributed by atoms with Gasteiger partial charge in [0, 0.05) is 5.56 Å². The fourth-order valence-electron chi connectivity index (χ4n) is 2.53. The maximum atomic E-state index is 6.10. The van der Waals surface area contributed by atoms with E-state index in [0.717, 1.165) is 13.0 Å². The zero-order valence-electron chi connectivity index (χ0n) is 12.1. The van der Waals surface area contributed by atoms with Gasteiger partial charge in [0.2, 0.25) is 0 Å². The summed E-state index contributed by atoms with van der Waals surface area (Å²) in [7, 11) is 0. The van der Waals surface area contributed by atoms with Gasteiger partial charge < -0.3 is 9.47 Å². The summed E-state index contributed by atoms with van der Waals surface area (Å²) in [6.07, 6.45) is 1.12. The van der Waals surface area contributed by atoms with Crippen LogP contribution in [0.3, 0.4) is 0 Å². The number of ether oxygens (including phenoxy) is 2. The highest BCUT2D eigenvalue weighted by Gasteiger charge is 2.27. The zero-order valence-corrected chi connectivity index (χ0v) is 12.1. The van der Waals surface area contributed by atoms with Gasteiger partial charge in [0.25, 0.3) is 0 Å². The van der Waals surface area contributed by atoms with Crippen molar-refractivity contribution in [2.24, 2.45) is 5.92 Å². The van der Waals surface area contributed by atoms with Crippen molar-refractivity contribution in [3.05, 3.63) is 34.4 Å². The van der Waals surface area contributed by atoms with E-state index in [1.54, 1.807) is 0 Å². The van der Waals surface area contributed by atoms with Crippen LogP contribution in [0.1, 0.15) is 48.8 Å². The minimum absolute atomic E-state index is 0.190. The Hall–Kier alpha value is -0.860. The van der Waals surface area contributed by atoms with Crippen molar-refractivity contribution in [3.8, 4) is 0 Å². The Bertz CT molecular complexity index is 423. The quantitative estimate of drug-likeness (QED) is 0.785. The molecule has 0 amide bonds. The molecule has 2 unspecified atom stereocenters. The first-order chi connectivity index (χ1) is 8.49. The molecule has 0 bridgehead atoms. The fourth-order valence-corrected chi connectivity index (χ4v) is 2.53. The van der Waals surface area contributed by atoms with Gasteiger partial charge in [0.15, 0.2) is 6.29 Å². The minimum atomic E-state index is -0.190. The molecule has 0 spiro atoms. The van der Waals surface area contributed by atoms with E-state index in [0.29, 0.717) is 12.0 Å². The fraction of sp³-hybridized carbons (Fsp3) is 0.625. The number of benzene rings is 1. The first-order valence-electron chi connectivity index (χ1n) is 6.84. The van der Waals surface area contributed by atoms with E-state index in [-0.39, 0.29) is 6.29 Å². The van der Waals surface area contributed by atoms with Crippen molar-refractivity contribution in [2.45, 2.75) is 53.4 Å². The molecule has 1 saturated heterocycles. The monoisotopic (exact) mass is 248 g/mol. The van der Waals surface area contributed by atoms with Crippen LogP contribution in [0.5, 0.6) is 0 Å². The van der Waals surface area contributed by atoms with Crippen LogP contribution in [0.15, 0.2) is 12.1 Å². The van der Waals surface area contributed by atoms with Gasteiger partial charge in [0.05, 0.1) is 12.7 Å². The Balaban J connectivity index is 2.26. The maximum absolute atomic E-state index is 6.10. The van der Waals surface area contributed by atoms with Gasteiger partial charge >= 0.3 is 0 Å². The summed E-state index contributed by atoms with van der Waals surface area (Å²) in [5, 5.41) is 0. The SMILES string of the molecule is Cc1cc(C)c(C)c(C2OCCC(C(C)C)O2)c1. The van der Waals surface area contributed by atoms with Crippen molar-refractivity contribution in [2.75, 3.05) is 6.61 Å². The number of hydrogen-bond acceptors (Lipinski definition) is 2. The summed E-state index contributed by atoms with van der Waals surface area (Å²) in [6.45, 7) is 11.6. The van der Waals surface area contributed by atoms with Crippen LogP contribution in [-0.4, -0.2) is 12.7 Å². The maximum Gasteiger partial charge on any atom is 0.184 e. The summed E-state index contributed by atoms with van der Waals surface area (Å²) in [5.41, 5.74) is 5.06. The topological polar surface area (TPSA) is 18.5 Å². The highest BCUT2D eigenvalue weighted by atomic mass is 16.7. The average molecular weight is 248 g/mol. The molecule has 1 fully saturated rings. The van der Waals surface area contributed by atoms with Crippen molar-refractivity contribution in [1.29, 1.82) is 0 Å². The predicted octanol–water partition coefficient (Wildman–Crippen LogP) is 4.07. The standard InChI is InChI=1S/C16H24O2/c1-10(2)15-6-7-17-16(18-15)14-9-11(3)8-12(4)13(14)5/h8-10,15-16H,6-7H2,1-5H3. The Morgan fingerprint density at radius 2 is 1.89 bits per heavy atom. The molecule has 1 aliphatic rings. The normalized spacial score (nSPS) is 24.6. The average Bonchev–Trinajstić information content (AvgIpc) is 2.34. The van der Waals surface area contributed by atoms with Crippen molar-refractivity contribution in [3.63, 3.8) is 0 Å². The smallest absolute Gasteiger partial charge is 0.184 e. The summed E-state index contributed by atoms with van der Waals surface area (Å²) < 4.78 is 11.9. The second kappa shape index (κ2) is 5.41. The van der Waals surface area contributed by atoms with E-state index in [1.165, 1.54) is 22.3 Å². The molecule has 0 aromatic heterocycles. The molecular weight excluding hydrogens is 224 g/mol. The van der Waals surface area contributed by atoms with Crippen LogP contribution < -0.4 is 0 Å². The van der Waals surface area contributed by atoms with Crippen LogP contribution in [0.4, 0.5) is 0 Å². The van der Waals surface area contributed by atoms with E-state index in [2.05, 4.69) is 46.8 Å². The summed E-state index contributed by atoms with van der Waals surface area (Å²) in [5.74, 6) is 0.544. The van der Waals surface area contributed by atoms with Crippen molar-refractivity contribution >= 4 is 0 Å². The Kier molecular flexibility index (Phi) is 4.08. The molecule has 1 aromatic rings. The van der Waals surface area contributed by atoms with E-state index in [1.807, 2.05) is 0 Å². The molecule has 0 aliphatic carbocycles. The third-order valence-electron chi connectivity index (χ3n) is 3.82. The number of aryl methyl sites for hydroxylation is 2. The molecule has 2 heteroatoms. The Morgan fingerprint density at radius 1 is 1.17 bits per heavy atom. The van der Waals surface area contributed by atoms with Crippen LogP contribution in [-0.2, 0) is 9.47 Å². The zero-order chi connectivity index (χ0) is 13.3. The Labute approximate surface area is 110 Å². The lowest BCUT2D eigenvalue weighted by Gasteiger charge is -2.33. The molecule has 1 heterocycles. The van der Waals surface area contributed by atoms with E-state index in [4.69, 9.17) is 9.47 Å². The van der Waals surface area contributed by atoms with Crippen molar-refractivity contribution in [1.82, 2.24) is 0 Å². The van der Waals surface area contributed by atoms with Gasteiger partial charge in [-0.1, -0.05) is 31.5 Å². The van der Waals surface area contributed by atoms with Crippen LogP contribution in [0, 0.1) is 26.7 Å². The Morgan fingerprint density at radius 3 is 2.56 bits per heavy atom. The lowest BCUT2D eigenvalue weighted by molar-refractivity contribution is -0.226. The van der Waals surface area contributed by atoms with Crippen LogP contribution in [0.25, 0.3) is 0 Å². The lowest BCUT2D eigenvalue weighted by atomic mass is 9.98. The van der Waals surface area contributed by atoms with Crippen LogP contribution in [0.2, 0.25) is 0 Å². The highest BCUT2D eigenvalue weighted by Crippen LogP contribution is 2.32. The number of rotatable bonds is 2. The van der Waals surface area contributed by atoms with Gasteiger partial charge in [0.1, 0.15) is 0 Å². The van der Waals surface area contributed by atoms with Gasteiger partial charge in [-0.05, 0) is 44.2 Å². The highest BCUT2D eigenvalue weighted by molar-refractivity contribution is 5.38. The molecule has 1 aromatic carbocycles. The van der Waals surface area contributed by atoms with Gasteiger partial charge in [-0.3, -0.25) is 0 Å². The molecule has 100 valence electrons. The van der Waals surface area contributed by atoms with Gasteiger partial charge in [-0.25, -0.2) is 0 Å². The molecule has 2 atom stereocenters. The van der Waals surface area contributed by atoms with Crippen LogP contribution >= 0.6 is 0 Å². The molecule has 2 rings (SSSR count). The summed E-state index contributed by atoms with van der Waals surface area (Å²) >= 11 is 0. The molecule has 0 N–H and O–H groups in total. The van der Waals surface area contributed by atoms with E-state index in [9.17, 15) is 0 Å². The molecular formula is C16H24O2. The molecule has 1 aliphatic heterocycles. The molecule has 0 saturated carbocycles.